The van der Waals surface area contributed by atoms with Crippen LogP contribution < -0.4 is 5.32 Å². The summed E-state index contributed by atoms with van der Waals surface area (Å²) in [5.74, 6) is -0.487. The molecule has 3 rings (SSSR count). The predicted molar refractivity (Wildman–Crippen MR) is 114 cm³/mol. The van der Waals surface area contributed by atoms with Crippen molar-refractivity contribution >= 4 is 40.4 Å². The summed E-state index contributed by atoms with van der Waals surface area (Å²) >= 11 is 7.34. The van der Waals surface area contributed by atoms with E-state index in [-0.39, 0.29) is 18.4 Å². The minimum atomic E-state index is -0.253. The van der Waals surface area contributed by atoms with E-state index < -0.39 is 0 Å². The Kier molecular flexibility index (Phi) is 6.11. The van der Waals surface area contributed by atoms with E-state index in [2.05, 4.69) is 10.3 Å². The molecule has 1 heterocycles. The number of carbonyl (C=O) groups excluding carboxylic acids is 2. The van der Waals surface area contributed by atoms with E-state index in [1.807, 2.05) is 49.4 Å². The summed E-state index contributed by atoms with van der Waals surface area (Å²) in [6.07, 6.45) is 0. The largest absolute Gasteiger partial charge is 0.332 e. The summed E-state index contributed by atoms with van der Waals surface area (Å²) in [4.78, 5) is 31.5. The number of nitrogens with one attached hydrogen (secondary N) is 1. The SMILES string of the molecule is Cc1ccc(NC(=O)CN(C)C(=O)c2sc(-c3cccc(Cl)c3)nc2C)cc1. The van der Waals surface area contributed by atoms with E-state index in [0.29, 0.717) is 21.3 Å². The lowest BCUT2D eigenvalue weighted by molar-refractivity contribution is -0.116. The maximum atomic E-state index is 12.8. The van der Waals surface area contributed by atoms with Crippen LogP contribution in [0.25, 0.3) is 10.6 Å². The number of nitrogens with zero attached hydrogens (tertiary/aromatic N) is 2. The summed E-state index contributed by atoms with van der Waals surface area (Å²) in [6.45, 7) is 3.72. The molecule has 7 heteroatoms. The molecule has 0 radical (unpaired) electrons. The fourth-order valence-electron chi connectivity index (χ4n) is 2.64. The molecule has 28 heavy (non-hydrogen) atoms. The molecule has 2 aromatic carbocycles. The maximum Gasteiger partial charge on any atom is 0.266 e. The van der Waals surface area contributed by atoms with Crippen molar-refractivity contribution in [2.75, 3.05) is 18.9 Å². The van der Waals surface area contributed by atoms with Crippen LogP contribution in [0, 0.1) is 13.8 Å². The molecule has 0 aliphatic rings. The molecule has 5 nitrogen and oxygen atoms in total. The van der Waals surface area contributed by atoms with E-state index >= 15 is 0 Å². The van der Waals surface area contributed by atoms with Crippen LogP contribution in [0.4, 0.5) is 5.69 Å². The Morgan fingerprint density at radius 3 is 2.54 bits per heavy atom. The van der Waals surface area contributed by atoms with Crippen LogP contribution in [0.15, 0.2) is 48.5 Å². The summed E-state index contributed by atoms with van der Waals surface area (Å²) in [6, 6.07) is 14.9. The Balaban J connectivity index is 1.69. The zero-order valence-electron chi connectivity index (χ0n) is 15.8. The van der Waals surface area contributed by atoms with Gasteiger partial charge < -0.3 is 10.2 Å². The molecule has 3 aromatic rings. The van der Waals surface area contributed by atoms with Crippen molar-refractivity contribution in [1.29, 1.82) is 0 Å². The standard InChI is InChI=1S/C21H20ClN3O2S/c1-13-7-9-17(10-8-13)24-18(26)12-25(3)21(27)19-14(2)23-20(28-19)15-5-4-6-16(22)11-15/h4-11H,12H2,1-3H3,(H,24,26). The number of halogens is 1. The highest BCUT2D eigenvalue weighted by Gasteiger charge is 2.21. The van der Waals surface area contributed by atoms with Gasteiger partial charge in [0.05, 0.1) is 12.2 Å². The molecule has 0 aliphatic carbocycles. The highest BCUT2D eigenvalue weighted by Crippen LogP contribution is 2.30. The van der Waals surface area contributed by atoms with E-state index in [1.54, 1.807) is 20.0 Å². The second-order valence-corrected chi connectivity index (χ2v) is 7.95. The number of anilines is 1. The van der Waals surface area contributed by atoms with Crippen LogP contribution in [0.5, 0.6) is 0 Å². The van der Waals surface area contributed by atoms with Gasteiger partial charge in [0.15, 0.2) is 0 Å². The van der Waals surface area contributed by atoms with Crippen LogP contribution >= 0.6 is 22.9 Å². The molecule has 0 fully saturated rings. The van der Waals surface area contributed by atoms with Gasteiger partial charge in [-0.05, 0) is 38.1 Å². The number of aromatic nitrogens is 1. The molecule has 144 valence electrons. The monoisotopic (exact) mass is 413 g/mol. The van der Waals surface area contributed by atoms with Gasteiger partial charge in [0.25, 0.3) is 5.91 Å². The van der Waals surface area contributed by atoms with Crippen molar-refractivity contribution in [3.8, 4) is 10.6 Å². The number of carbonyl (C=O) groups is 2. The Bertz CT molecular complexity index is 1010. The molecule has 0 aliphatic heterocycles. The molecule has 1 N–H and O–H groups in total. The zero-order valence-corrected chi connectivity index (χ0v) is 17.4. The summed E-state index contributed by atoms with van der Waals surface area (Å²) in [5.41, 5.74) is 3.31. The Morgan fingerprint density at radius 1 is 1.14 bits per heavy atom. The van der Waals surface area contributed by atoms with Gasteiger partial charge in [-0.25, -0.2) is 4.98 Å². The number of amides is 2. The first kappa shape index (κ1) is 20.0. The lowest BCUT2D eigenvalue weighted by Crippen LogP contribution is -2.34. The topological polar surface area (TPSA) is 62.3 Å². The fourth-order valence-corrected chi connectivity index (χ4v) is 3.89. The third-order valence-corrected chi connectivity index (χ3v) is 5.55. The van der Waals surface area contributed by atoms with E-state index in [1.165, 1.54) is 16.2 Å². The predicted octanol–water partition coefficient (Wildman–Crippen LogP) is 4.79. The van der Waals surface area contributed by atoms with Crippen LogP contribution in [0.1, 0.15) is 20.9 Å². The van der Waals surface area contributed by atoms with Gasteiger partial charge in [0.1, 0.15) is 9.88 Å². The molecule has 0 spiro atoms. The first-order valence-corrected chi connectivity index (χ1v) is 9.88. The number of hydrogen-bond donors (Lipinski definition) is 1. The number of benzene rings is 2. The minimum Gasteiger partial charge on any atom is -0.332 e. The van der Waals surface area contributed by atoms with Crippen LogP contribution in [0.2, 0.25) is 5.02 Å². The van der Waals surface area contributed by atoms with E-state index in [0.717, 1.165) is 16.1 Å². The molecular formula is C21H20ClN3O2S. The Morgan fingerprint density at radius 2 is 1.86 bits per heavy atom. The number of thiazole rings is 1. The van der Waals surface area contributed by atoms with E-state index in [4.69, 9.17) is 11.6 Å². The molecule has 0 bridgehead atoms. The van der Waals surface area contributed by atoms with Gasteiger partial charge in [-0.2, -0.15) is 0 Å². The number of aryl methyl sites for hydroxylation is 2. The number of likely N-dealkylation sites (N-methyl/N-ethyl adjacent to an activating group) is 1. The first-order valence-electron chi connectivity index (χ1n) is 8.69. The van der Waals surface area contributed by atoms with Crippen LogP contribution in [0.3, 0.4) is 0 Å². The Hall–Kier alpha value is -2.70. The second-order valence-electron chi connectivity index (χ2n) is 6.52. The van der Waals surface area contributed by atoms with Crippen molar-refractivity contribution in [2.45, 2.75) is 13.8 Å². The fraction of sp³-hybridized carbons (Fsp3) is 0.190. The highest BCUT2D eigenvalue weighted by molar-refractivity contribution is 7.17. The number of rotatable bonds is 5. The summed E-state index contributed by atoms with van der Waals surface area (Å²) in [5, 5.41) is 4.14. The molecule has 0 saturated heterocycles. The number of hydrogen-bond acceptors (Lipinski definition) is 4. The van der Waals surface area contributed by atoms with E-state index in [9.17, 15) is 9.59 Å². The van der Waals surface area contributed by atoms with Gasteiger partial charge in [-0.3, -0.25) is 9.59 Å². The van der Waals surface area contributed by atoms with Crippen molar-refractivity contribution in [2.24, 2.45) is 0 Å². The highest BCUT2D eigenvalue weighted by atomic mass is 35.5. The second kappa shape index (κ2) is 8.54. The molecule has 1 aromatic heterocycles. The molecule has 0 saturated carbocycles. The third kappa shape index (κ3) is 4.77. The van der Waals surface area contributed by atoms with Crippen LogP contribution in [-0.4, -0.2) is 35.3 Å². The zero-order chi connectivity index (χ0) is 20.3. The van der Waals surface area contributed by atoms with Gasteiger partial charge in [0, 0.05) is 23.3 Å². The molecule has 0 unspecified atom stereocenters. The molecular weight excluding hydrogens is 394 g/mol. The lowest BCUT2D eigenvalue weighted by Gasteiger charge is -2.16. The van der Waals surface area contributed by atoms with Crippen molar-refractivity contribution in [3.63, 3.8) is 0 Å². The first-order chi connectivity index (χ1) is 13.3. The summed E-state index contributed by atoms with van der Waals surface area (Å²) in [7, 11) is 1.61. The van der Waals surface area contributed by atoms with Crippen molar-refractivity contribution < 1.29 is 9.59 Å². The maximum absolute atomic E-state index is 12.8. The smallest absolute Gasteiger partial charge is 0.266 e. The van der Waals surface area contributed by atoms with Gasteiger partial charge >= 0.3 is 0 Å². The van der Waals surface area contributed by atoms with Crippen molar-refractivity contribution in [3.05, 3.63) is 69.7 Å². The third-order valence-electron chi connectivity index (χ3n) is 4.13. The molecule has 0 atom stereocenters. The average Bonchev–Trinajstić information content (AvgIpc) is 3.04. The van der Waals surface area contributed by atoms with Gasteiger partial charge in [-0.15, -0.1) is 11.3 Å². The average molecular weight is 414 g/mol. The summed E-state index contributed by atoms with van der Waals surface area (Å²) < 4.78 is 0. The quantitative estimate of drug-likeness (QED) is 0.654. The molecule has 2 amide bonds. The lowest BCUT2D eigenvalue weighted by atomic mass is 10.2. The normalized spacial score (nSPS) is 10.6. The van der Waals surface area contributed by atoms with Crippen molar-refractivity contribution in [1.82, 2.24) is 9.88 Å². The van der Waals surface area contributed by atoms with Crippen LogP contribution in [-0.2, 0) is 4.79 Å². The van der Waals surface area contributed by atoms with Gasteiger partial charge in [0.2, 0.25) is 5.91 Å². The Labute approximate surface area is 173 Å². The minimum absolute atomic E-state index is 0.0451. The van der Waals surface area contributed by atoms with Gasteiger partial charge in [-0.1, -0.05) is 41.4 Å².